The van der Waals surface area contributed by atoms with Gasteiger partial charge in [0.2, 0.25) is 5.91 Å². The summed E-state index contributed by atoms with van der Waals surface area (Å²) in [4.78, 5) is 35.7. The summed E-state index contributed by atoms with van der Waals surface area (Å²) in [5.41, 5.74) is 7.22. The second-order valence-electron chi connectivity index (χ2n) is 9.35. The van der Waals surface area contributed by atoms with Gasteiger partial charge in [-0.2, -0.15) is 18.3 Å². The quantitative estimate of drug-likeness (QED) is 0.372. The third kappa shape index (κ3) is 3.87. The Morgan fingerprint density at radius 2 is 2.03 bits per heavy atom. The third-order valence-electron chi connectivity index (χ3n) is 6.92. The van der Waals surface area contributed by atoms with Crippen molar-refractivity contribution < 1.29 is 22.7 Å². The lowest BCUT2D eigenvalue weighted by molar-refractivity contribution is -0.135. The van der Waals surface area contributed by atoms with E-state index in [0.29, 0.717) is 28.3 Å². The van der Waals surface area contributed by atoms with E-state index in [0.717, 1.165) is 12.8 Å². The van der Waals surface area contributed by atoms with Crippen LogP contribution in [0, 0.1) is 5.92 Å². The van der Waals surface area contributed by atoms with Crippen molar-refractivity contribution in [3.8, 4) is 17.3 Å². The first-order chi connectivity index (χ1) is 18.2. The second-order valence-corrected chi connectivity index (χ2v) is 9.35. The first-order valence-electron chi connectivity index (χ1n) is 12.0. The Balaban J connectivity index is 1.43. The molecule has 5 heterocycles. The Labute approximate surface area is 213 Å². The van der Waals surface area contributed by atoms with Gasteiger partial charge in [0.25, 0.3) is 0 Å². The molecule has 1 aliphatic carbocycles. The maximum absolute atomic E-state index is 13.5. The average molecular weight is 525 g/mol. The molecule has 1 aliphatic heterocycles. The molecule has 196 valence electrons. The number of amides is 1. The number of rotatable bonds is 7. The number of aryl methyl sites for hydroxylation is 1. The number of nitrogen functional groups attached to an aromatic ring is 1. The Morgan fingerprint density at radius 1 is 1.21 bits per heavy atom. The number of methoxy groups -OCH3 is 1. The number of hydrogen-bond donors (Lipinski definition) is 2. The molecule has 38 heavy (non-hydrogen) atoms. The van der Waals surface area contributed by atoms with Crippen molar-refractivity contribution in [2.24, 2.45) is 5.92 Å². The van der Waals surface area contributed by atoms with Gasteiger partial charge < -0.3 is 15.8 Å². The Kier molecular flexibility index (Phi) is 5.43. The standard InChI is InChI=1S/C24H22F3N9O2/c1-38-13-6-7-16(29-9-13)24(12-4-5-12)17-18(28)33-19(34-20(17)35-22(24)37)15-10-36-21(30-11-31-36)14(32-15)3-2-8-23(25,26)27/h6-7,9-12H,2-5,8H2,1H3,(H3,28,33,34,35,37). The summed E-state index contributed by atoms with van der Waals surface area (Å²) in [7, 11) is 1.53. The molecule has 0 radical (unpaired) electrons. The number of anilines is 2. The Bertz CT molecular complexity index is 1550. The molecular weight excluding hydrogens is 503 g/mol. The predicted molar refractivity (Wildman–Crippen MR) is 128 cm³/mol. The largest absolute Gasteiger partial charge is 0.495 e. The van der Waals surface area contributed by atoms with Crippen molar-refractivity contribution in [1.82, 2.24) is 34.5 Å². The van der Waals surface area contributed by atoms with E-state index < -0.39 is 18.0 Å². The fourth-order valence-electron chi connectivity index (χ4n) is 5.11. The zero-order valence-electron chi connectivity index (χ0n) is 20.2. The number of fused-ring (bicyclic) bond motifs is 2. The number of alkyl halides is 3. The van der Waals surface area contributed by atoms with Crippen molar-refractivity contribution in [2.75, 3.05) is 18.2 Å². The number of pyridine rings is 1. The lowest BCUT2D eigenvalue weighted by Gasteiger charge is -2.27. The molecule has 4 aromatic rings. The number of ether oxygens (including phenoxy) is 1. The van der Waals surface area contributed by atoms with Crippen LogP contribution in [0.2, 0.25) is 0 Å². The van der Waals surface area contributed by atoms with Gasteiger partial charge in [-0.1, -0.05) is 0 Å². The summed E-state index contributed by atoms with van der Waals surface area (Å²) in [5.74, 6) is 0.682. The van der Waals surface area contributed by atoms with Gasteiger partial charge in [-0.3, -0.25) is 9.78 Å². The number of carbonyl (C=O) groups excluding carboxylic acids is 1. The van der Waals surface area contributed by atoms with E-state index in [1.54, 1.807) is 18.3 Å². The van der Waals surface area contributed by atoms with Crippen molar-refractivity contribution in [3.63, 3.8) is 0 Å². The number of halogens is 3. The van der Waals surface area contributed by atoms with E-state index in [4.69, 9.17) is 10.5 Å². The van der Waals surface area contributed by atoms with Crippen LogP contribution in [-0.4, -0.2) is 53.7 Å². The topological polar surface area (TPSA) is 146 Å². The summed E-state index contributed by atoms with van der Waals surface area (Å²) < 4.78 is 44.8. The molecule has 1 fully saturated rings. The number of nitrogens with one attached hydrogen (secondary N) is 1. The van der Waals surface area contributed by atoms with Gasteiger partial charge in [0.1, 0.15) is 34.8 Å². The lowest BCUT2D eigenvalue weighted by atomic mass is 9.74. The molecule has 0 spiro atoms. The molecule has 1 amide bonds. The fraction of sp³-hybridized carbons (Fsp3) is 0.375. The SMILES string of the molecule is COc1ccc(C2(C3CC3)C(=O)Nc3nc(-c4cn5ncnc5c(CCCC(F)(F)F)n4)nc(N)c32)nc1. The van der Waals surface area contributed by atoms with E-state index in [1.807, 2.05) is 0 Å². The molecule has 6 rings (SSSR count). The highest BCUT2D eigenvalue weighted by Gasteiger charge is 2.60. The second kappa shape index (κ2) is 8.60. The Hall–Kier alpha value is -4.36. The number of carbonyl (C=O) groups is 1. The molecule has 4 aromatic heterocycles. The molecule has 11 nitrogen and oxygen atoms in total. The summed E-state index contributed by atoms with van der Waals surface area (Å²) in [6.45, 7) is 0. The minimum Gasteiger partial charge on any atom is -0.495 e. The van der Waals surface area contributed by atoms with Gasteiger partial charge in [0.15, 0.2) is 11.5 Å². The van der Waals surface area contributed by atoms with Crippen molar-refractivity contribution in [2.45, 2.75) is 43.7 Å². The number of nitrogens with two attached hydrogens (primary N) is 1. The number of nitrogens with zero attached hydrogens (tertiary/aromatic N) is 7. The van der Waals surface area contributed by atoms with Gasteiger partial charge in [0, 0.05) is 6.42 Å². The van der Waals surface area contributed by atoms with Crippen LogP contribution in [0.3, 0.4) is 0 Å². The van der Waals surface area contributed by atoms with E-state index in [2.05, 4.69) is 35.3 Å². The highest BCUT2D eigenvalue weighted by Crippen LogP contribution is 2.57. The van der Waals surface area contributed by atoms with Crippen LogP contribution in [-0.2, 0) is 16.6 Å². The monoisotopic (exact) mass is 525 g/mol. The minimum absolute atomic E-state index is 0.0220. The Morgan fingerprint density at radius 3 is 2.71 bits per heavy atom. The molecule has 3 N–H and O–H groups in total. The lowest BCUT2D eigenvalue weighted by Crippen LogP contribution is -2.39. The zero-order valence-corrected chi connectivity index (χ0v) is 20.2. The van der Waals surface area contributed by atoms with Gasteiger partial charge in [-0.05, 0) is 43.7 Å². The van der Waals surface area contributed by atoms with Gasteiger partial charge in [0.05, 0.1) is 36.5 Å². The number of hydrogen-bond acceptors (Lipinski definition) is 9. The summed E-state index contributed by atoms with van der Waals surface area (Å²) in [6.07, 6.45) is 0.630. The first-order valence-corrected chi connectivity index (χ1v) is 12.0. The fourth-order valence-corrected chi connectivity index (χ4v) is 5.11. The highest BCUT2D eigenvalue weighted by atomic mass is 19.4. The molecule has 1 atom stereocenters. The maximum Gasteiger partial charge on any atom is 0.389 e. The molecule has 1 unspecified atom stereocenters. The highest BCUT2D eigenvalue weighted by molar-refractivity contribution is 6.09. The number of aromatic nitrogens is 7. The van der Waals surface area contributed by atoms with Crippen molar-refractivity contribution in [1.29, 1.82) is 0 Å². The van der Waals surface area contributed by atoms with Crippen LogP contribution in [0.4, 0.5) is 24.8 Å². The van der Waals surface area contributed by atoms with Crippen molar-refractivity contribution >= 4 is 23.2 Å². The average Bonchev–Trinajstić information content (AvgIpc) is 3.53. The van der Waals surface area contributed by atoms with Gasteiger partial charge >= 0.3 is 6.18 Å². The predicted octanol–water partition coefficient (Wildman–Crippen LogP) is 3.10. The minimum atomic E-state index is -4.27. The van der Waals surface area contributed by atoms with Crippen molar-refractivity contribution in [3.05, 3.63) is 47.8 Å². The van der Waals surface area contributed by atoms with Crippen LogP contribution in [0.15, 0.2) is 30.9 Å². The molecule has 0 saturated heterocycles. The molecule has 1 saturated carbocycles. The molecule has 2 aliphatic rings. The van der Waals surface area contributed by atoms with Crippen LogP contribution >= 0.6 is 0 Å². The summed E-state index contributed by atoms with van der Waals surface area (Å²) in [5, 5.41) is 6.96. The molecule has 0 bridgehead atoms. The first kappa shape index (κ1) is 24.0. The summed E-state index contributed by atoms with van der Waals surface area (Å²) in [6, 6.07) is 3.48. The zero-order chi connectivity index (χ0) is 26.7. The smallest absolute Gasteiger partial charge is 0.389 e. The molecular formula is C24H22F3N9O2. The van der Waals surface area contributed by atoms with Crippen LogP contribution in [0.25, 0.3) is 17.2 Å². The van der Waals surface area contributed by atoms with Crippen LogP contribution in [0.1, 0.15) is 42.6 Å². The van der Waals surface area contributed by atoms with Gasteiger partial charge in [-0.15, -0.1) is 0 Å². The maximum atomic E-state index is 13.5. The molecule has 14 heteroatoms. The van der Waals surface area contributed by atoms with E-state index >= 15 is 0 Å². The van der Waals surface area contributed by atoms with E-state index in [-0.39, 0.29) is 47.8 Å². The summed E-state index contributed by atoms with van der Waals surface area (Å²) >= 11 is 0. The van der Waals surface area contributed by atoms with Crippen LogP contribution in [0.5, 0.6) is 5.75 Å². The van der Waals surface area contributed by atoms with Gasteiger partial charge in [-0.25, -0.2) is 24.5 Å². The van der Waals surface area contributed by atoms with Crippen LogP contribution < -0.4 is 15.8 Å². The molecule has 0 aromatic carbocycles. The third-order valence-corrected chi connectivity index (χ3v) is 6.92. The normalized spacial score (nSPS) is 19.0. The van der Waals surface area contributed by atoms with E-state index in [1.165, 1.54) is 24.1 Å². The van der Waals surface area contributed by atoms with E-state index in [9.17, 15) is 18.0 Å².